The maximum atomic E-state index is 12.3. The molecule has 2 aliphatic rings. The van der Waals surface area contributed by atoms with E-state index in [0.29, 0.717) is 12.8 Å². The first-order valence-electron chi connectivity index (χ1n) is 7.17. The van der Waals surface area contributed by atoms with Gasteiger partial charge in [0.1, 0.15) is 7.85 Å². The smallest absolute Gasteiger partial charge is 0.267 e. The van der Waals surface area contributed by atoms with Gasteiger partial charge in [-0.05, 0) is 18.4 Å². The molecule has 2 radical (unpaired) electrons. The molecule has 6 nitrogen and oxygen atoms in total. The van der Waals surface area contributed by atoms with Crippen molar-refractivity contribution in [3.63, 3.8) is 0 Å². The van der Waals surface area contributed by atoms with Crippen molar-refractivity contribution < 1.29 is 13.5 Å². The van der Waals surface area contributed by atoms with E-state index in [9.17, 15) is 13.5 Å². The van der Waals surface area contributed by atoms with Crippen molar-refractivity contribution in [3.8, 4) is 0 Å². The van der Waals surface area contributed by atoms with E-state index in [4.69, 9.17) is 7.85 Å². The van der Waals surface area contributed by atoms with Crippen LogP contribution in [0.4, 0.5) is 0 Å². The van der Waals surface area contributed by atoms with Gasteiger partial charge in [-0.3, -0.25) is 0 Å². The second-order valence-electron chi connectivity index (χ2n) is 5.96. The molecule has 1 saturated carbocycles. The van der Waals surface area contributed by atoms with Crippen molar-refractivity contribution in [2.75, 3.05) is 0 Å². The fourth-order valence-corrected chi connectivity index (χ4v) is 4.34. The molecule has 8 heteroatoms. The molecule has 1 aromatic heterocycles. The first-order valence-corrected chi connectivity index (χ1v) is 8.71. The van der Waals surface area contributed by atoms with Crippen LogP contribution in [0.25, 0.3) is 0 Å². The largest absolute Gasteiger partial charge is 0.392 e. The third-order valence-electron chi connectivity index (χ3n) is 4.20. The first kappa shape index (κ1) is 14.0. The highest BCUT2D eigenvalue weighted by atomic mass is 32.2. The summed E-state index contributed by atoms with van der Waals surface area (Å²) in [6.07, 6.45) is 1.50. The van der Waals surface area contributed by atoms with Gasteiger partial charge in [-0.1, -0.05) is 30.3 Å². The molecule has 0 bridgehead atoms. The first-order chi connectivity index (χ1) is 10.4. The standard InChI is InChI=1S/C14H14BN3O3S/c15-14(19)8-11(9-4-2-1-3-5-9)18-12(14)16-13(17-18)22(20,21)10-6-7-10/h1-5,10-11,19H,6-8H2/t11-,14-/m0/s1. The van der Waals surface area contributed by atoms with Crippen LogP contribution in [0.1, 0.15) is 36.7 Å². The molecular formula is C14H14BN3O3S. The van der Waals surface area contributed by atoms with E-state index >= 15 is 0 Å². The van der Waals surface area contributed by atoms with Gasteiger partial charge in [0.25, 0.3) is 5.16 Å². The number of rotatable bonds is 3. The van der Waals surface area contributed by atoms with Gasteiger partial charge < -0.3 is 5.11 Å². The van der Waals surface area contributed by atoms with Crippen molar-refractivity contribution in [1.82, 2.24) is 14.8 Å². The lowest BCUT2D eigenvalue weighted by Crippen LogP contribution is -2.24. The number of aromatic nitrogens is 3. The summed E-state index contributed by atoms with van der Waals surface area (Å²) in [5, 5.41) is 13.9. The Bertz CT molecular complexity index is 828. The topological polar surface area (TPSA) is 85.1 Å². The summed E-state index contributed by atoms with van der Waals surface area (Å²) in [5.41, 5.74) is -0.768. The Morgan fingerprint density at radius 2 is 1.95 bits per heavy atom. The maximum absolute atomic E-state index is 12.3. The summed E-state index contributed by atoms with van der Waals surface area (Å²) in [5.74, 6) is 0.112. The predicted octanol–water partition coefficient (Wildman–Crippen LogP) is 0.521. The van der Waals surface area contributed by atoms with E-state index in [0.717, 1.165) is 5.56 Å². The van der Waals surface area contributed by atoms with Gasteiger partial charge in [0.05, 0.1) is 16.8 Å². The Hall–Kier alpha value is -1.67. The molecule has 0 saturated heterocycles. The second-order valence-corrected chi connectivity index (χ2v) is 8.08. The molecule has 1 aliphatic heterocycles. The molecule has 2 atom stereocenters. The van der Waals surface area contributed by atoms with Crippen molar-refractivity contribution >= 4 is 17.7 Å². The molecule has 1 aromatic carbocycles. The summed E-state index contributed by atoms with van der Waals surface area (Å²) in [6, 6.07) is 9.11. The molecule has 112 valence electrons. The zero-order chi connectivity index (χ0) is 15.5. The van der Waals surface area contributed by atoms with E-state index in [2.05, 4.69) is 10.1 Å². The van der Waals surface area contributed by atoms with Gasteiger partial charge in [0, 0.05) is 6.42 Å². The molecule has 1 N–H and O–H groups in total. The Balaban J connectivity index is 1.82. The SMILES string of the molecule is [B][C@]1(O)C[C@@H](c2ccccc2)n2nc(S(=O)(=O)C3CC3)nc21. The van der Waals surface area contributed by atoms with Gasteiger partial charge in [0.15, 0.2) is 5.82 Å². The van der Waals surface area contributed by atoms with Crippen molar-refractivity contribution in [3.05, 3.63) is 41.7 Å². The van der Waals surface area contributed by atoms with Crippen LogP contribution in [0.2, 0.25) is 0 Å². The van der Waals surface area contributed by atoms with Crippen LogP contribution in [0.3, 0.4) is 0 Å². The number of fused-ring (bicyclic) bond motifs is 1. The zero-order valence-electron chi connectivity index (χ0n) is 11.8. The van der Waals surface area contributed by atoms with Gasteiger partial charge in [0.2, 0.25) is 9.84 Å². The van der Waals surface area contributed by atoms with Crippen LogP contribution in [0.5, 0.6) is 0 Å². The highest BCUT2D eigenvalue weighted by molar-refractivity contribution is 7.92. The van der Waals surface area contributed by atoms with E-state index in [1.165, 1.54) is 4.68 Å². The highest BCUT2D eigenvalue weighted by Crippen LogP contribution is 2.41. The van der Waals surface area contributed by atoms with Crippen LogP contribution in [0.15, 0.2) is 35.5 Å². The normalized spacial score (nSPS) is 27.8. The van der Waals surface area contributed by atoms with Gasteiger partial charge >= 0.3 is 0 Å². The van der Waals surface area contributed by atoms with Gasteiger partial charge in [-0.2, -0.15) is 4.98 Å². The van der Waals surface area contributed by atoms with Crippen LogP contribution in [-0.4, -0.2) is 41.4 Å². The number of hydrogen-bond acceptors (Lipinski definition) is 5. The fraction of sp³-hybridized carbons (Fsp3) is 0.429. The number of sulfone groups is 1. The van der Waals surface area contributed by atoms with E-state index < -0.39 is 20.6 Å². The maximum Gasteiger partial charge on any atom is 0.267 e. The molecule has 0 unspecified atom stereocenters. The van der Waals surface area contributed by atoms with Crippen LogP contribution in [-0.2, 0) is 15.3 Å². The molecule has 0 amide bonds. The lowest BCUT2D eigenvalue weighted by atomic mass is 9.78. The molecule has 0 spiro atoms. The van der Waals surface area contributed by atoms with Crippen molar-refractivity contribution in [2.24, 2.45) is 0 Å². The minimum atomic E-state index is -3.51. The van der Waals surface area contributed by atoms with E-state index in [1.807, 2.05) is 30.3 Å². The summed E-state index contributed by atoms with van der Waals surface area (Å²) in [6.45, 7) is 0. The zero-order valence-corrected chi connectivity index (χ0v) is 12.6. The molecular weight excluding hydrogens is 301 g/mol. The number of nitrogens with zero attached hydrogens (tertiary/aromatic N) is 3. The monoisotopic (exact) mass is 315 g/mol. The number of benzene rings is 1. The minimum absolute atomic E-state index is 0.112. The summed E-state index contributed by atoms with van der Waals surface area (Å²) in [7, 11) is 2.39. The highest BCUT2D eigenvalue weighted by Gasteiger charge is 2.46. The predicted molar refractivity (Wildman–Crippen MR) is 79.1 cm³/mol. The summed E-state index contributed by atoms with van der Waals surface area (Å²) < 4.78 is 26.0. The van der Waals surface area contributed by atoms with Crippen molar-refractivity contribution in [1.29, 1.82) is 0 Å². The van der Waals surface area contributed by atoms with Crippen LogP contribution >= 0.6 is 0 Å². The Morgan fingerprint density at radius 3 is 2.59 bits per heavy atom. The second kappa shape index (κ2) is 4.42. The van der Waals surface area contributed by atoms with E-state index in [-0.39, 0.29) is 23.4 Å². The average Bonchev–Trinajstić information content (AvgIpc) is 3.19. The number of hydrogen-bond donors (Lipinski definition) is 1. The van der Waals surface area contributed by atoms with Gasteiger partial charge in [-0.15, -0.1) is 5.10 Å². The molecule has 4 rings (SSSR count). The average molecular weight is 315 g/mol. The van der Waals surface area contributed by atoms with Gasteiger partial charge in [-0.25, -0.2) is 13.1 Å². The fourth-order valence-electron chi connectivity index (χ4n) is 2.87. The number of aliphatic hydroxyl groups is 1. The summed E-state index contributed by atoms with van der Waals surface area (Å²) in [4.78, 5) is 4.04. The Labute approximate surface area is 129 Å². The minimum Gasteiger partial charge on any atom is -0.392 e. The summed E-state index contributed by atoms with van der Waals surface area (Å²) >= 11 is 0. The Morgan fingerprint density at radius 1 is 1.27 bits per heavy atom. The molecule has 2 aromatic rings. The van der Waals surface area contributed by atoms with E-state index in [1.54, 1.807) is 0 Å². The quantitative estimate of drug-likeness (QED) is 0.835. The molecule has 2 heterocycles. The van der Waals surface area contributed by atoms with Crippen LogP contribution < -0.4 is 0 Å². The third-order valence-corrected chi connectivity index (χ3v) is 6.23. The lowest BCUT2D eigenvalue weighted by molar-refractivity contribution is 0.122. The molecule has 22 heavy (non-hydrogen) atoms. The lowest BCUT2D eigenvalue weighted by Gasteiger charge is -2.16. The molecule has 1 aliphatic carbocycles. The van der Waals surface area contributed by atoms with Crippen molar-refractivity contribution in [2.45, 2.75) is 41.2 Å². The van der Waals surface area contributed by atoms with Crippen LogP contribution in [0, 0.1) is 0 Å². The molecule has 1 fully saturated rings. The third kappa shape index (κ3) is 2.01. The Kier molecular flexibility index (Phi) is 2.81.